The van der Waals surface area contributed by atoms with Crippen molar-refractivity contribution in [1.82, 2.24) is 10.2 Å². The first-order valence-corrected chi connectivity index (χ1v) is 5.95. The van der Waals surface area contributed by atoms with Gasteiger partial charge in [-0.1, -0.05) is 6.07 Å². The first kappa shape index (κ1) is 13.0. The van der Waals surface area contributed by atoms with Gasteiger partial charge in [-0.2, -0.15) is 0 Å². The molecule has 1 amide bonds. The molecule has 5 heteroatoms. The molecular formula is C13H16F2N2O. The van der Waals surface area contributed by atoms with Crippen LogP contribution in [0.25, 0.3) is 0 Å². The minimum absolute atomic E-state index is 0.199. The summed E-state index contributed by atoms with van der Waals surface area (Å²) in [6.07, 6.45) is 0.803. The van der Waals surface area contributed by atoms with Gasteiger partial charge in [0.15, 0.2) is 0 Å². The van der Waals surface area contributed by atoms with Crippen LogP contribution in [0.5, 0.6) is 0 Å². The zero-order chi connectivity index (χ0) is 13.3. The smallest absolute Gasteiger partial charge is 0.259 e. The van der Waals surface area contributed by atoms with E-state index in [2.05, 4.69) is 5.32 Å². The molecule has 1 aromatic rings. The number of likely N-dealkylation sites (tertiary alicyclic amines) is 1. The lowest BCUT2D eigenvalue weighted by molar-refractivity contribution is 0.0780. The standard InChI is InChI=1S/C13H16F2N2O/c1-8-3-4-10(14)11(12(8)15)13(18)17-6-5-9(7-17)16-2/h3-4,9,16H,5-7H2,1-2H3. The number of carbonyl (C=O) groups excluding carboxylic acids is 1. The molecular weight excluding hydrogens is 238 g/mol. The normalized spacial score (nSPS) is 19.3. The van der Waals surface area contributed by atoms with Crippen LogP contribution in [-0.4, -0.2) is 37.0 Å². The highest BCUT2D eigenvalue weighted by atomic mass is 19.1. The van der Waals surface area contributed by atoms with Gasteiger partial charge in [0, 0.05) is 19.1 Å². The molecule has 0 aliphatic carbocycles. The molecule has 3 nitrogen and oxygen atoms in total. The van der Waals surface area contributed by atoms with Crippen LogP contribution in [0.3, 0.4) is 0 Å². The third kappa shape index (κ3) is 2.22. The second kappa shape index (κ2) is 5.02. The Morgan fingerprint density at radius 1 is 1.44 bits per heavy atom. The Kier molecular flexibility index (Phi) is 3.61. The number of halogens is 2. The summed E-state index contributed by atoms with van der Waals surface area (Å²) in [7, 11) is 1.81. The second-order valence-electron chi connectivity index (χ2n) is 4.58. The number of nitrogens with one attached hydrogen (secondary N) is 1. The van der Waals surface area contributed by atoms with E-state index in [0.29, 0.717) is 13.1 Å². The zero-order valence-electron chi connectivity index (χ0n) is 10.5. The number of hydrogen-bond donors (Lipinski definition) is 1. The molecule has 1 aromatic carbocycles. The Balaban J connectivity index is 2.27. The molecule has 1 saturated heterocycles. The lowest BCUT2D eigenvalue weighted by atomic mass is 10.1. The highest BCUT2D eigenvalue weighted by Crippen LogP contribution is 2.20. The van der Waals surface area contributed by atoms with E-state index in [-0.39, 0.29) is 11.6 Å². The first-order chi connectivity index (χ1) is 8.54. The maximum absolute atomic E-state index is 13.8. The third-order valence-corrected chi connectivity index (χ3v) is 3.38. The summed E-state index contributed by atoms with van der Waals surface area (Å²) >= 11 is 0. The molecule has 1 N–H and O–H groups in total. The fraction of sp³-hybridized carbons (Fsp3) is 0.462. The number of carbonyl (C=O) groups is 1. The van der Waals surface area contributed by atoms with Crippen molar-refractivity contribution >= 4 is 5.91 Å². The molecule has 0 spiro atoms. The molecule has 2 rings (SSSR count). The van der Waals surface area contributed by atoms with E-state index < -0.39 is 23.1 Å². The van der Waals surface area contributed by atoms with E-state index in [4.69, 9.17) is 0 Å². The molecule has 1 heterocycles. The predicted molar refractivity (Wildman–Crippen MR) is 64.5 cm³/mol. The summed E-state index contributed by atoms with van der Waals surface area (Å²) in [5.74, 6) is -2.12. The summed E-state index contributed by atoms with van der Waals surface area (Å²) < 4.78 is 27.5. The van der Waals surface area contributed by atoms with Gasteiger partial charge in [0.2, 0.25) is 0 Å². The van der Waals surface area contributed by atoms with E-state index in [1.54, 1.807) is 0 Å². The van der Waals surface area contributed by atoms with E-state index in [1.165, 1.54) is 17.9 Å². The topological polar surface area (TPSA) is 32.3 Å². The Morgan fingerprint density at radius 3 is 2.78 bits per heavy atom. The van der Waals surface area contributed by atoms with Crippen LogP contribution in [0.4, 0.5) is 8.78 Å². The zero-order valence-corrected chi connectivity index (χ0v) is 10.5. The van der Waals surface area contributed by atoms with Crippen molar-refractivity contribution in [2.45, 2.75) is 19.4 Å². The minimum atomic E-state index is -0.795. The Hall–Kier alpha value is -1.49. The second-order valence-corrected chi connectivity index (χ2v) is 4.58. The number of likely N-dealkylation sites (N-methyl/N-ethyl adjacent to an activating group) is 1. The molecule has 1 atom stereocenters. The Labute approximate surface area is 105 Å². The van der Waals surface area contributed by atoms with Crippen molar-refractivity contribution in [1.29, 1.82) is 0 Å². The molecule has 0 aromatic heterocycles. The van der Waals surface area contributed by atoms with Crippen LogP contribution in [0.1, 0.15) is 22.3 Å². The summed E-state index contributed by atoms with van der Waals surface area (Å²) in [5, 5.41) is 3.06. The van der Waals surface area contributed by atoms with Crippen molar-refractivity contribution in [2.75, 3.05) is 20.1 Å². The first-order valence-electron chi connectivity index (χ1n) is 5.95. The van der Waals surface area contributed by atoms with Crippen LogP contribution >= 0.6 is 0 Å². The lowest BCUT2D eigenvalue weighted by Crippen LogP contribution is -2.34. The summed E-state index contributed by atoms with van der Waals surface area (Å²) in [6, 6.07) is 2.67. The molecule has 18 heavy (non-hydrogen) atoms. The van der Waals surface area contributed by atoms with Crippen molar-refractivity contribution in [2.24, 2.45) is 0 Å². The van der Waals surface area contributed by atoms with E-state index >= 15 is 0 Å². The van der Waals surface area contributed by atoms with Gasteiger partial charge in [-0.05, 0) is 32.0 Å². The highest BCUT2D eigenvalue weighted by molar-refractivity contribution is 5.95. The number of nitrogens with zero attached hydrogens (tertiary/aromatic N) is 1. The van der Waals surface area contributed by atoms with Gasteiger partial charge in [0.25, 0.3) is 5.91 Å². The molecule has 0 saturated carbocycles. The number of hydrogen-bond acceptors (Lipinski definition) is 2. The van der Waals surface area contributed by atoms with E-state index in [0.717, 1.165) is 12.5 Å². The highest BCUT2D eigenvalue weighted by Gasteiger charge is 2.29. The summed E-state index contributed by atoms with van der Waals surface area (Å²) in [5.41, 5.74) is -0.157. The molecule has 98 valence electrons. The molecule has 0 radical (unpaired) electrons. The fourth-order valence-corrected chi connectivity index (χ4v) is 2.19. The summed E-state index contributed by atoms with van der Waals surface area (Å²) in [6.45, 7) is 2.53. The summed E-state index contributed by atoms with van der Waals surface area (Å²) in [4.78, 5) is 13.6. The van der Waals surface area contributed by atoms with Crippen LogP contribution in [0, 0.1) is 18.6 Å². The van der Waals surface area contributed by atoms with Gasteiger partial charge in [-0.25, -0.2) is 8.78 Å². The Bertz CT molecular complexity index is 476. The largest absolute Gasteiger partial charge is 0.337 e. The average Bonchev–Trinajstić information content (AvgIpc) is 2.83. The van der Waals surface area contributed by atoms with Gasteiger partial charge < -0.3 is 10.2 Å². The number of rotatable bonds is 2. The van der Waals surface area contributed by atoms with Crippen molar-refractivity contribution in [3.63, 3.8) is 0 Å². The number of benzene rings is 1. The van der Waals surface area contributed by atoms with Gasteiger partial charge in [-0.15, -0.1) is 0 Å². The van der Waals surface area contributed by atoms with Gasteiger partial charge in [0.1, 0.15) is 17.2 Å². The van der Waals surface area contributed by atoms with Crippen molar-refractivity contribution in [3.05, 3.63) is 34.9 Å². The quantitative estimate of drug-likeness (QED) is 0.871. The average molecular weight is 254 g/mol. The molecule has 1 unspecified atom stereocenters. The lowest BCUT2D eigenvalue weighted by Gasteiger charge is -2.17. The van der Waals surface area contributed by atoms with Gasteiger partial charge in [-0.3, -0.25) is 4.79 Å². The monoisotopic (exact) mass is 254 g/mol. The molecule has 0 bridgehead atoms. The van der Waals surface area contributed by atoms with Gasteiger partial charge in [0.05, 0.1) is 0 Å². The third-order valence-electron chi connectivity index (χ3n) is 3.38. The SMILES string of the molecule is CNC1CCN(C(=O)c2c(F)ccc(C)c2F)C1. The number of aryl methyl sites for hydroxylation is 1. The van der Waals surface area contributed by atoms with E-state index in [9.17, 15) is 13.6 Å². The van der Waals surface area contributed by atoms with Crippen molar-refractivity contribution in [3.8, 4) is 0 Å². The molecule has 1 aliphatic rings. The Morgan fingerprint density at radius 2 is 2.17 bits per heavy atom. The molecule has 1 aliphatic heterocycles. The minimum Gasteiger partial charge on any atom is -0.337 e. The van der Waals surface area contributed by atoms with Crippen LogP contribution in [0.2, 0.25) is 0 Å². The van der Waals surface area contributed by atoms with Crippen LogP contribution in [-0.2, 0) is 0 Å². The van der Waals surface area contributed by atoms with Crippen LogP contribution < -0.4 is 5.32 Å². The predicted octanol–water partition coefficient (Wildman–Crippen LogP) is 1.71. The van der Waals surface area contributed by atoms with Crippen molar-refractivity contribution < 1.29 is 13.6 Å². The maximum atomic E-state index is 13.8. The molecule has 1 fully saturated rings. The fourth-order valence-electron chi connectivity index (χ4n) is 2.19. The maximum Gasteiger partial charge on any atom is 0.259 e. The van der Waals surface area contributed by atoms with Crippen LogP contribution in [0.15, 0.2) is 12.1 Å². The van der Waals surface area contributed by atoms with E-state index in [1.807, 2.05) is 7.05 Å². The number of amides is 1. The van der Waals surface area contributed by atoms with Gasteiger partial charge >= 0.3 is 0 Å².